The molecule has 2 heterocycles. The van der Waals surface area contributed by atoms with Crippen LogP contribution in [0.1, 0.15) is 51.4 Å². The van der Waals surface area contributed by atoms with Crippen molar-refractivity contribution in [2.45, 2.75) is 62.3 Å². The molecule has 1 atom stereocenters. The molecule has 0 radical (unpaired) electrons. The first-order chi connectivity index (χ1) is 11.6. The number of rotatable bonds is 3. The van der Waals surface area contributed by atoms with Crippen molar-refractivity contribution in [1.29, 1.82) is 0 Å². The number of piperidine rings is 1. The fraction of sp³-hybridized carbons (Fsp3) is 0.882. The minimum absolute atomic E-state index is 0.0144. The van der Waals surface area contributed by atoms with Crippen LogP contribution < -0.4 is 5.32 Å². The lowest BCUT2D eigenvalue weighted by atomic mass is 10.0. The van der Waals surface area contributed by atoms with Crippen molar-refractivity contribution >= 4 is 22.7 Å². The molecule has 0 aromatic rings. The van der Waals surface area contributed by atoms with Gasteiger partial charge in [0.2, 0.25) is 5.91 Å². The summed E-state index contributed by atoms with van der Waals surface area (Å²) >= 11 is 0. The molecule has 7 heteroatoms. The highest BCUT2D eigenvalue weighted by Gasteiger charge is 2.54. The minimum Gasteiger partial charge on any atom is -0.335 e. The van der Waals surface area contributed by atoms with E-state index in [1.165, 1.54) is 25.7 Å². The Morgan fingerprint density at radius 1 is 1.17 bits per heavy atom. The largest absolute Gasteiger partial charge is 0.335 e. The maximum atomic E-state index is 12.7. The van der Waals surface area contributed by atoms with E-state index in [4.69, 9.17) is 0 Å². The van der Waals surface area contributed by atoms with Crippen LogP contribution in [0.5, 0.6) is 0 Å². The van der Waals surface area contributed by atoms with Gasteiger partial charge in [-0.25, -0.2) is 4.79 Å². The quantitative estimate of drug-likeness (QED) is 0.834. The summed E-state index contributed by atoms with van der Waals surface area (Å²) in [5.74, 6) is 0.815. The molecule has 4 aliphatic rings. The van der Waals surface area contributed by atoms with Gasteiger partial charge < -0.3 is 15.1 Å². The molecule has 2 saturated carbocycles. The van der Waals surface area contributed by atoms with Crippen LogP contribution in [0.4, 0.5) is 4.79 Å². The van der Waals surface area contributed by atoms with Crippen molar-refractivity contribution in [3.63, 3.8) is 0 Å². The van der Waals surface area contributed by atoms with E-state index in [0.717, 1.165) is 19.4 Å². The molecule has 0 bridgehead atoms. The molecule has 0 aromatic heterocycles. The maximum Gasteiger partial charge on any atom is 0.317 e. The number of carbonyl (C=O) groups excluding carboxylic acids is 2. The van der Waals surface area contributed by atoms with Gasteiger partial charge in [0.05, 0.1) is 10.8 Å². The number of hydrogen-bond acceptors (Lipinski definition) is 3. The summed E-state index contributed by atoms with van der Waals surface area (Å²) in [7, 11) is -1.13. The van der Waals surface area contributed by atoms with E-state index in [2.05, 4.69) is 5.32 Å². The summed E-state index contributed by atoms with van der Waals surface area (Å²) in [6.45, 7) is 1.95. The molecular weight excluding hydrogens is 326 g/mol. The number of likely N-dealkylation sites (tertiary alicyclic amines) is 1. The van der Waals surface area contributed by atoms with Crippen LogP contribution >= 0.6 is 0 Å². The third-order valence-electron chi connectivity index (χ3n) is 6.12. The van der Waals surface area contributed by atoms with Crippen LogP contribution in [0.25, 0.3) is 0 Å². The first kappa shape index (κ1) is 16.4. The second-order valence-corrected chi connectivity index (χ2v) is 9.54. The highest BCUT2D eigenvalue weighted by atomic mass is 32.2. The molecule has 1 unspecified atom stereocenters. The van der Waals surface area contributed by atoms with Crippen LogP contribution in [-0.2, 0) is 15.6 Å². The SMILES string of the molecule is O=C(NC1CCCC1)N1CCC2(CC1)N(CC1CC1)C(=O)CS2=O. The molecule has 0 aromatic carbocycles. The zero-order valence-electron chi connectivity index (χ0n) is 14.2. The van der Waals surface area contributed by atoms with Crippen molar-refractivity contribution in [3.8, 4) is 0 Å². The van der Waals surface area contributed by atoms with Crippen molar-refractivity contribution in [2.24, 2.45) is 5.92 Å². The molecule has 6 nitrogen and oxygen atoms in total. The third-order valence-corrected chi connectivity index (χ3v) is 8.11. The van der Waals surface area contributed by atoms with E-state index in [-0.39, 0.29) is 17.7 Å². The first-order valence-corrected chi connectivity index (χ1v) is 10.6. The maximum absolute atomic E-state index is 12.7. The zero-order valence-corrected chi connectivity index (χ0v) is 15.0. The van der Waals surface area contributed by atoms with Crippen molar-refractivity contribution < 1.29 is 13.8 Å². The van der Waals surface area contributed by atoms with Crippen LogP contribution in [0.3, 0.4) is 0 Å². The average Bonchev–Trinajstić information content (AvgIpc) is 3.21. The lowest BCUT2D eigenvalue weighted by Crippen LogP contribution is -2.57. The molecule has 2 aliphatic carbocycles. The minimum atomic E-state index is -1.13. The molecule has 134 valence electrons. The molecule has 24 heavy (non-hydrogen) atoms. The van der Waals surface area contributed by atoms with E-state index in [1.54, 1.807) is 0 Å². The standard InChI is InChI=1S/C17H27N3O3S/c21-15-12-24(23)17(20(15)11-13-5-6-13)7-9-19(10-8-17)16(22)18-14-3-1-2-4-14/h13-14H,1-12H2,(H,18,22). The number of hydrogen-bond donors (Lipinski definition) is 1. The van der Waals surface area contributed by atoms with Gasteiger partial charge >= 0.3 is 6.03 Å². The topological polar surface area (TPSA) is 69.7 Å². The Morgan fingerprint density at radius 2 is 1.83 bits per heavy atom. The van der Waals surface area contributed by atoms with Gasteiger partial charge in [-0.3, -0.25) is 9.00 Å². The van der Waals surface area contributed by atoms with Gasteiger partial charge in [0.15, 0.2) is 0 Å². The molecule has 1 spiro atoms. The predicted octanol–water partition coefficient (Wildman–Crippen LogP) is 1.43. The Bertz CT molecular complexity index is 549. The fourth-order valence-corrected chi connectivity index (χ4v) is 6.10. The number of amides is 3. The normalized spacial score (nSPS) is 30.3. The summed E-state index contributed by atoms with van der Waals surface area (Å²) in [6, 6.07) is 0.336. The number of urea groups is 1. The van der Waals surface area contributed by atoms with E-state index in [1.807, 2.05) is 9.80 Å². The van der Waals surface area contributed by atoms with E-state index in [0.29, 0.717) is 37.9 Å². The van der Waals surface area contributed by atoms with Gasteiger partial charge in [-0.1, -0.05) is 12.8 Å². The van der Waals surface area contributed by atoms with Crippen molar-refractivity contribution in [2.75, 3.05) is 25.4 Å². The van der Waals surface area contributed by atoms with E-state index < -0.39 is 15.7 Å². The number of carbonyl (C=O) groups is 2. The Hall–Kier alpha value is -1.11. The lowest BCUT2D eigenvalue weighted by molar-refractivity contribution is -0.131. The Labute approximate surface area is 145 Å². The molecule has 1 N–H and O–H groups in total. The summed E-state index contributed by atoms with van der Waals surface area (Å²) in [5.41, 5.74) is 0. The molecule has 4 rings (SSSR count). The summed E-state index contributed by atoms with van der Waals surface area (Å²) < 4.78 is 12.7. The van der Waals surface area contributed by atoms with Crippen molar-refractivity contribution in [1.82, 2.24) is 15.1 Å². The van der Waals surface area contributed by atoms with Gasteiger partial charge in [0, 0.05) is 38.5 Å². The van der Waals surface area contributed by atoms with Gasteiger partial charge in [0.25, 0.3) is 0 Å². The van der Waals surface area contributed by atoms with Crippen molar-refractivity contribution in [3.05, 3.63) is 0 Å². The van der Waals surface area contributed by atoms with Crippen LogP contribution in [0.2, 0.25) is 0 Å². The Balaban J connectivity index is 1.39. The summed E-state index contributed by atoms with van der Waals surface area (Å²) in [6.07, 6.45) is 8.22. The molecule has 2 aliphatic heterocycles. The van der Waals surface area contributed by atoms with Gasteiger partial charge in [-0.05, 0) is 31.6 Å². The summed E-state index contributed by atoms with van der Waals surface area (Å²) in [4.78, 5) is 28.0. The Kier molecular flexibility index (Phi) is 4.31. The van der Waals surface area contributed by atoms with Gasteiger partial charge in [-0.15, -0.1) is 0 Å². The molecular formula is C17H27N3O3S. The third kappa shape index (κ3) is 2.95. The van der Waals surface area contributed by atoms with Gasteiger partial charge in [0.1, 0.15) is 10.6 Å². The second-order valence-electron chi connectivity index (χ2n) is 7.80. The second kappa shape index (κ2) is 6.32. The zero-order chi connectivity index (χ0) is 16.7. The van der Waals surface area contributed by atoms with Gasteiger partial charge in [-0.2, -0.15) is 0 Å². The Morgan fingerprint density at radius 3 is 2.46 bits per heavy atom. The average molecular weight is 353 g/mol. The lowest BCUT2D eigenvalue weighted by Gasteiger charge is -2.43. The predicted molar refractivity (Wildman–Crippen MR) is 91.8 cm³/mol. The molecule has 3 amide bonds. The number of nitrogens with one attached hydrogen (secondary N) is 1. The summed E-state index contributed by atoms with van der Waals surface area (Å²) in [5, 5.41) is 3.13. The van der Waals surface area contributed by atoms with E-state index >= 15 is 0 Å². The number of nitrogens with zero attached hydrogens (tertiary/aromatic N) is 2. The van der Waals surface area contributed by atoms with Crippen LogP contribution in [0.15, 0.2) is 0 Å². The first-order valence-electron chi connectivity index (χ1n) is 9.33. The highest BCUT2D eigenvalue weighted by molar-refractivity contribution is 7.87. The van der Waals surface area contributed by atoms with Crippen LogP contribution in [0, 0.1) is 5.92 Å². The molecule has 2 saturated heterocycles. The fourth-order valence-electron chi connectivity index (χ4n) is 4.39. The monoisotopic (exact) mass is 353 g/mol. The van der Waals surface area contributed by atoms with Crippen LogP contribution in [-0.4, -0.2) is 62.2 Å². The highest BCUT2D eigenvalue weighted by Crippen LogP contribution is 2.41. The smallest absolute Gasteiger partial charge is 0.317 e. The molecule has 4 fully saturated rings. The van der Waals surface area contributed by atoms with E-state index in [9.17, 15) is 13.8 Å².